The number of pyridine rings is 1. The second kappa shape index (κ2) is 4.26. The van der Waals surface area contributed by atoms with Crippen LogP contribution in [0.4, 0.5) is 0 Å². The van der Waals surface area contributed by atoms with E-state index in [-0.39, 0.29) is 0 Å². The number of nitrogens with zero attached hydrogens (tertiary/aromatic N) is 1. The van der Waals surface area contributed by atoms with Crippen molar-refractivity contribution in [2.75, 3.05) is 0 Å². The lowest BCUT2D eigenvalue weighted by Crippen LogP contribution is -1.95. The van der Waals surface area contributed by atoms with Crippen molar-refractivity contribution in [3.8, 4) is 11.1 Å². The maximum atomic E-state index is 4.45. The van der Waals surface area contributed by atoms with E-state index in [4.69, 9.17) is 0 Å². The average Bonchev–Trinajstić information content (AvgIpc) is 2.30. The fraction of sp³-hybridized carbons (Fsp3) is 0.214. The predicted octanol–water partition coefficient (Wildman–Crippen LogP) is 3.87. The van der Waals surface area contributed by atoms with E-state index < -0.39 is 0 Å². The molecular formula is C14H15N. The second-order valence-electron chi connectivity index (χ2n) is 3.96. The molecule has 0 fully saturated rings. The fourth-order valence-electron chi connectivity index (χ4n) is 1.74. The molecule has 1 heteroatoms. The van der Waals surface area contributed by atoms with E-state index in [1.54, 1.807) is 0 Å². The zero-order valence-electron chi connectivity index (χ0n) is 9.14. The molecule has 2 rings (SSSR count). The van der Waals surface area contributed by atoms with Crippen LogP contribution < -0.4 is 0 Å². The van der Waals surface area contributed by atoms with Gasteiger partial charge in [-0.25, -0.2) is 0 Å². The molecule has 0 radical (unpaired) electrons. The molecule has 0 amide bonds. The lowest BCUT2D eigenvalue weighted by molar-refractivity contribution is 0.826. The molecule has 0 spiro atoms. The summed E-state index contributed by atoms with van der Waals surface area (Å²) < 4.78 is 0. The molecule has 0 aliphatic rings. The first kappa shape index (κ1) is 9.91. The Hall–Kier alpha value is -1.63. The highest BCUT2D eigenvalue weighted by Gasteiger charge is 2.08. The van der Waals surface area contributed by atoms with E-state index in [2.05, 4.69) is 49.2 Å². The molecule has 0 bridgehead atoms. The minimum absolute atomic E-state index is 0.460. The van der Waals surface area contributed by atoms with E-state index >= 15 is 0 Å². The molecule has 0 unspecified atom stereocenters. The third-order valence-corrected chi connectivity index (χ3v) is 2.47. The van der Waals surface area contributed by atoms with Crippen molar-refractivity contribution in [3.63, 3.8) is 0 Å². The molecule has 76 valence electrons. The molecule has 1 aromatic carbocycles. The smallest absolute Gasteiger partial charge is 0.0507 e. The minimum atomic E-state index is 0.460. The van der Waals surface area contributed by atoms with Gasteiger partial charge in [0.25, 0.3) is 0 Å². The van der Waals surface area contributed by atoms with E-state index in [0.29, 0.717) is 5.92 Å². The van der Waals surface area contributed by atoms with Gasteiger partial charge in [-0.05, 0) is 17.5 Å². The Morgan fingerprint density at radius 3 is 2.33 bits per heavy atom. The predicted molar refractivity (Wildman–Crippen MR) is 63.8 cm³/mol. The van der Waals surface area contributed by atoms with Crippen LogP contribution in [0.15, 0.2) is 48.7 Å². The van der Waals surface area contributed by atoms with Crippen LogP contribution in [0.5, 0.6) is 0 Å². The van der Waals surface area contributed by atoms with Crippen LogP contribution in [0.1, 0.15) is 25.5 Å². The summed E-state index contributed by atoms with van der Waals surface area (Å²) in [7, 11) is 0. The average molecular weight is 197 g/mol. The van der Waals surface area contributed by atoms with Crippen molar-refractivity contribution in [1.82, 2.24) is 4.98 Å². The molecule has 0 aliphatic heterocycles. The Balaban J connectivity index is 2.53. The Kier molecular flexibility index (Phi) is 2.82. The highest BCUT2D eigenvalue weighted by atomic mass is 14.7. The fourth-order valence-corrected chi connectivity index (χ4v) is 1.74. The van der Waals surface area contributed by atoms with Crippen LogP contribution in [0.25, 0.3) is 11.1 Å². The largest absolute Gasteiger partial charge is 0.260 e. The maximum Gasteiger partial charge on any atom is 0.0507 e. The number of rotatable bonds is 2. The van der Waals surface area contributed by atoms with Crippen LogP contribution in [0.2, 0.25) is 0 Å². The monoisotopic (exact) mass is 197 g/mol. The molecule has 0 saturated heterocycles. The molecule has 0 aliphatic carbocycles. The first-order valence-corrected chi connectivity index (χ1v) is 5.29. The number of hydrogen-bond acceptors (Lipinski definition) is 1. The molecule has 0 atom stereocenters. The Morgan fingerprint density at radius 2 is 1.67 bits per heavy atom. The zero-order valence-corrected chi connectivity index (χ0v) is 9.14. The van der Waals surface area contributed by atoms with Gasteiger partial charge in [-0.15, -0.1) is 0 Å². The van der Waals surface area contributed by atoms with Crippen LogP contribution in [0.3, 0.4) is 0 Å². The van der Waals surface area contributed by atoms with Gasteiger partial charge in [0.1, 0.15) is 0 Å². The summed E-state index contributed by atoms with van der Waals surface area (Å²) in [6, 6.07) is 14.5. The maximum absolute atomic E-state index is 4.45. The number of benzene rings is 1. The van der Waals surface area contributed by atoms with E-state index in [0.717, 1.165) is 0 Å². The van der Waals surface area contributed by atoms with E-state index in [1.165, 1.54) is 16.8 Å². The Labute approximate surface area is 90.8 Å². The van der Waals surface area contributed by atoms with Crippen molar-refractivity contribution < 1.29 is 0 Å². The summed E-state index contributed by atoms with van der Waals surface area (Å²) >= 11 is 0. The summed E-state index contributed by atoms with van der Waals surface area (Å²) in [6.45, 7) is 4.35. The van der Waals surface area contributed by atoms with Crippen LogP contribution in [0, 0.1) is 0 Å². The first-order valence-electron chi connectivity index (χ1n) is 5.29. The normalized spacial score (nSPS) is 10.6. The highest BCUT2D eigenvalue weighted by Crippen LogP contribution is 2.26. The number of hydrogen-bond donors (Lipinski definition) is 0. The summed E-state index contributed by atoms with van der Waals surface area (Å²) in [5, 5.41) is 0. The van der Waals surface area contributed by atoms with Crippen LogP contribution in [-0.4, -0.2) is 4.98 Å². The van der Waals surface area contributed by atoms with E-state index in [9.17, 15) is 0 Å². The van der Waals surface area contributed by atoms with E-state index in [1.807, 2.05) is 18.3 Å². The third-order valence-electron chi connectivity index (χ3n) is 2.47. The van der Waals surface area contributed by atoms with Gasteiger partial charge in [-0.1, -0.05) is 50.2 Å². The molecule has 1 nitrogen and oxygen atoms in total. The van der Waals surface area contributed by atoms with Gasteiger partial charge < -0.3 is 0 Å². The quantitative estimate of drug-likeness (QED) is 0.712. The zero-order chi connectivity index (χ0) is 10.7. The minimum Gasteiger partial charge on any atom is -0.260 e. The van der Waals surface area contributed by atoms with Crippen molar-refractivity contribution in [2.45, 2.75) is 19.8 Å². The molecule has 2 aromatic rings. The number of aromatic nitrogens is 1. The molecule has 1 heterocycles. The van der Waals surface area contributed by atoms with Crippen molar-refractivity contribution in [2.24, 2.45) is 0 Å². The summed E-state index contributed by atoms with van der Waals surface area (Å²) in [5.41, 5.74) is 3.66. The summed E-state index contributed by atoms with van der Waals surface area (Å²) in [4.78, 5) is 4.45. The second-order valence-corrected chi connectivity index (χ2v) is 3.96. The Morgan fingerprint density at radius 1 is 0.933 bits per heavy atom. The van der Waals surface area contributed by atoms with Gasteiger partial charge in [0.15, 0.2) is 0 Å². The van der Waals surface area contributed by atoms with Crippen molar-refractivity contribution >= 4 is 0 Å². The molecular weight excluding hydrogens is 182 g/mol. The molecule has 15 heavy (non-hydrogen) atoms. The molecule has 0 saturated carbocycles. The first-order chi connectivity index (χ1) is 7.29. The van der Waals surface area contributed by atoms with Gasteiger partial charge >= 0.3 is 0 Å². The summed E-state index contributed by atoms with van der Waals surface area (Å²) in [6.07, 6.45) is 1.86. The SMILES string of the molecule is CC(C)c1ncccc1-c1ccccc1. The third kappa shape index (κ3) is 2.07. The van der Waals surface area contributed by atoms with Gasteiger partial charge in [0.05, 0.1) is 5.69 Å². The summed E-state index contributed by atoms with van der Waals surface area (Å²) in [5.74, 6) is 0.460. The van der Waals surface area contributed by atoms with Gasteiger partial charge in [0, 0.05) is 11.8 Å². The Bertz CT molecular complexity index is 432. The van der Waals surface area contributed by atoms with Crippen molar-refractivity contribution in [1.29, 1.82) is 0 Å². The highest BCUT2D eigenvalue weighted by molar-refractivity contribution is 5.66. The van der Waals surface area contributed by atoms with Crippen molar-refractivity contribution in [3.05, 3.63) is 54.4 Å². The van der Waals surface area contributed by atoms with Crippen LogP contribution >= 0.6 is 0 Å². The topological polar surface area (TPSA) is 12.9 Å². The molecule has 1 aromatic heterocycles. The molecule has 0 N–H and O–H groups in total. The van der Waals surface area contributed by atoms with Gasteiger partial charge in [-0.3, -0.25) is 4.98 Å². The lowest BCUT2D eigenvalue weighted by Gasteiger charge is -2.10. The standard InChI is InChI=1S/C14H15N/c1-11(2)14-13(9-6-10-15-14)12-7-4-3-5-8-12/h3-11H,1-2H3. The van der Waals surface area contributed by atoms with Gasteiger partial charge in [0.2, 0.25) is 0 Å². The lowest BCUT2D eigenvalue weighted by atomic mass is 9.98. The van der Waals surface area contributed by atoms with Gasteiger partial charge in [-0.2, -0.15) is 0 Å². The van der Waals surface area contributed by atoms with Crippen LogP contribution in [-0.2, 0) is 0 Å².